The highest BCUT2D eigenvalue weighted by Crippen LogP contribution is 2.15. The summed E-state index contributed by atoms with van der Waals surface area (Å²) in [5.74, 6) is 0.588. The first-order valence-corrected chi connectivity index (χ1v) is 6.05. The van der Waals surface area contributed by atoms with E-state index in [-0.39, 0.29) is 18.0 Å². The Labute approximate surface area is 95.6 Å². The highest BCUT2D eigenvalue weighted by atomic mass is 16.2. The van der Waals surface area contributed by atoms with E-state index in [1.165, 1.54) is 4.90 Å². The third kappa shape index (κ3) is 2.19. The van der Waals surface area contributed by atoms with Crippen LogP contribution in [0.4, 0.5) is 4.79 Å². The van der Waals surface area contributed by atoms with E-state index in [4.69, 9.17) is 0 Å². The maximum atomic E-state index is 11.9. The lowest BCUT2D eigenvalue weighted by Gasteiger charge is -2.28. The van der Waals surface area contributed by atoms with Gasteiger partial charge in [0.25, 0.3) is 5.91 Å². The summed E-state index contributed by atoms with van der Waals surface area (Å²) in [5, 5.41) is 5.92. The summed E-state index contributed by atoms with van der Waals surface area (Å²) >= 11 is 0. The van der Waals surface area contributed by atoms with E-state index in [0.717, 1.165) is 32.4 Å². The van der Waals surface area contributed by atoms with Crippen molar-refractivity contribution >= 4 is 11.9 Å². The number of imide groups is 1. The molecule has 1 unspecified atom stereocenters. The van der Waals surface area contributed by atoms with Crippen molar-refractivity contribution in [3.63, 3.8) is 0 Å². The van der Waals surface area contributed by atoms with Gasteiger partial charge in [-0.3, -0.25) is 9.69 Å². The Kier molecular flexibility index (Phi) is 3.43. The second-order valence-electron chi connectivity index (χ2n) is 4.59. The maximum Gasteiger partial charge on any atom is 0.324 e. The average molecular weight is 225 g/mol. The van der Waals surface area contributed by atoms with Gasteiger partial charge < -0.3 is 10.6 Å². The maximum absolute atomic E-state index is 11.9. The van der Waals surface area contributed by atoms with E-state index >= 15 is 0 Å². The van der Waals surface area contributed by atoms with E-state index < -0.39 is 0 Å². The van der Waals surface area contributed by atoms with Crippen molar-refractivity contribution in [2.75, 3.05) is 19.6 Å². The van der Waals surface area contributed by atoms with Crippen LogP contribution in [0.25, 0.3) is 0 Å². The number of nitrogens with zero attached hydrogens (tertiary/aromatic N) is 1. The standard InChI is InChI=1S/C11H19N3O2/c1-2-3-9-10(15)14(11(16)13-9)5-4-8-6-12-7-8/h8-9,12H,2-7H2,1H3,(H,13,16). The molecule has 2 heterocycles. The Morgan fingerprint density at radius 3 is 2.62 bits per heavy atom. The van der Waals surface area contributed by atoms with Crippen molar-refractivity contribution in [2.45, 2.75) is 32.2 Å². The molecule has 2 aliphatic heterocycles. The molecule has 2 N–H and O–H groups in total. The number of carbonyl (C=O) groups is 2. The van der Waals surface area contributed by atoms with Crippen molar-refractivity contribution < 1.29 is 9.59 Å². The van der Waals surface area contributed by atoms with Crippen LogP contribution >= 0.6 is 0 Å². The molecule has 0 aromatic rings. The number of carbonyl (C=O) groups excluding carboxylic acids is 2. The zero-order valence-electron chi connectivity index (χ0n) is 9.66. The Morgan fingerprint density at radius 1 is 1.31 bits per heavy atom. The SMILES string of the molecule is CCCC1NC(=O)N(CCC2CNC2)C1=O. The van der Waals surface area contributed by atoms with Crippen LogP contribution in [0.2, 0.25) is 0 Å². The fourth-order valence-electron chi connectivity index (χ4n) is 2.14. The van der Waals surface area contributed by atoms with Gasteiger partial charge >= 0.3 is 6.03 Å². The Hall–Kier alpha value is -1.10. The highest BCUT2D eigenvalue weighted by Gasteiger charge is 2.37. The van der Waals surface area contributed by atoms with Gasteiger partial charge in [0.05, 0.1) is 0 Å². The molecule has 3 amide bonds. The number of nitrogens with one attached hydrogen (secondary N) is 2. The van der Waals surface area contributed by atoms with Crippen molar-refractivity contribution in [2.24, 2.45) is 5.92 Å². The number of urea groups is 1. The molecule has 0 radical (unpaired) electrons. The minimum absolute atomic E-state index is 0.0425. The van der Waals surface area contributed by atoms with Gasteiger partial charge in [0.2, 0.25) is 0 Å². The molecule has 90 valence electrons. The molecule has 5 nitrogen and oxygen atoms in total. The summed E-state index contributed by atoms with van der Waals surface area (Å²) in [4.78, 5) is 24.8. The van der Waals surface area contributed by atoms with Crippen LogP contribution < -0.4 is 10.6 Å². The molecular weight excluding hydrogens is 206 g/mol. The molecule has 2 aliphatic rings. The predicted octanol–water partition coefficient (Wildman–Crippen LogP) is 0.316. The van der Waals surface area contributed by atoms with Gasteiger partial charge in [0, 0.05) is 6.54 Å². The molecule has 2 saturated heterocycles. The molecule has 16 heavy (non-hydrogen) atoms. The van der Waals surface area contributed by atoms with Gasteiger partial charge in [-0.15, -0.1) is 0 Å². The first kappa shape index (κ1) is 11.4. The number of rotatable bonds is 5. The zero-order valence-corrected chi connectivity index (χ0v) is 9.66. The Morgan fingerprint density at radius 2 is 2.06 bits per heavy atom. The quantitative estimate of drug-likeness (QED) is 0.662. The third-order valence-electron chi connectivity index (χ3n) is 3.31. The molecule has 2 fully saturated rings. The lowest BCUT2D eigenvalue weighted by atomic mass is 9.99. The van der Waals surface area contributed by atoms with Crippen LogP contribution in [0.3, 0.4) is 0 Å². The zero-order chi connectivity index (χ0) is 11.5. The molecular formula is C11H19N3O2. The Balaban J connectivity index is 1.83. The summed E-state index contributed by atoms with van der Waals surface area (Å²) in [6.45, 7) is 4.61. The Bertz CT molecular complexity index is 289. The summed E-state index contributed by atoms with van der Waals surface area (Å²) in [6, 6.07) is -0.493. The van der Waals surface area contributed by atoms with Crippen molar-refractivity contribution in [1.82, 2.24) is 15.5 Å². The molecule has 0 aliphatic carbocycles. The molecule has 0 bridgehead atoms. The summed E-state index contributed by atoms with van der Waals surface area (Å²) in [5.41, 5.74) is 0. The minimum atomic E-state index is -0.281. The number of hydrogen-bond acceptors (Lipinski definition) is 3. The van der Waals surface area contributed by atoms with Crippen molar-refractivity contribution in [3.8, 4) is 0 Å². The lowest BCUT2D eigenvalue weighted by Crippen LogP contribution is -2.44. The topological polar surface area (TPSA) is 61.4 Å². The van der Waals surface area contributed by atoms with Crippen LogP contribution in [0, 0.1) is 5.92 Å². The second-order valence-corrected chi connectivity index (χ2v) is 4.59. The summed E-state index contributed by atoms with van der Waals surface area (Å²) in [7, 11) is 0. The average Bonchev–Trinajstić information content (AvgIpc) is 2.43. The van der Waals surface area contributed by atoms with Gasteiger partial charge in [0.1, 0.15) is 6.04 Å². The lowest BCUT2D eigenvalue weighted by molar-refractivity contribution is -0.127. The van der Waals surface area contributed by atoms with E-state index in [1.54, 1.807) is 0 Å². The van der Waals surface area contributed by atoms with Gasteiger partial charge in [-0.1, -0.05) is 13.3 Å². The minimum Gasteiger partial charge on any atom is -0.326 e. The normalized spacial score (nSPS) is 25.8. The van der Waals surface area contributed by atoms with Crippen LogP contribution in [0.5, 0.6) is 0 Å². The smallest absolute Gasteiger partial charge is 0.324 e. The van der Waals surface area contributed by atoms with E-state index in [1.807, 2.05) is 6.92 Å². The van der Waals surface area contributed by atoms with E-state index in [9.17, 15) is 9.59 Å². The molecule has 0 saturated carbocycles. The van der Waals surface area contributed by atoms with E-state index in [0.29, 0.717) is 12.5 Å². The monoisotopic (exact) mass is 225 g/mol. The molecule has 0 aromatic carbocycles. The summed E-state index contributed by atoms with van der Waals surface area (Å²) in [6.07, 6.45) is 2.58. The second kappa shape index (κ2) is 4.82. The van der Waals surface area contributed by atoms with Gasteiger partial charge in [-0.25, -0.2) is 4.79 Å². The first-order valence-electron chi connectivity index (χ1n) is 6.05. The van der Waals surface area contributed by atoms with Crippen molar-refractivity contribution in [1.29, 1.82) is 0 Å². The highest BCUT2D eigenvalue weighted by molar-refractivity contribution is 6.04. The molecule has 5 heteroatoms. The first-order chi connectivity index (χ1) is 7.72. The molecule has 2 rings (SSSR count). The van der Waals surface area contributed by atoms with Crippen molar-refractivity contribution in [3.05, 3.63) is 0 Å². The van der Waals surface area contributed by atoms with Crippen LogP contribution in [-0.2, 0) is 4.79 Å². The molecule has 0 aromatic heterocycles. The van der Waals surface area contributed by atoms with E-state index in [2.05, 4.69) is 10.6 Å². The largest absolute Gasteiger partial charge is 0.326 e. The van der Waals surface area contributed by atoms with Gasteiger partial charge in [-0.05, 0) is 31.8 Å². The fraction of sp³-hybridized carbons (Fsp3) is 0.818. The third-order valence-corrected chi connectivity index (χ3v) is 3.31. The molecule has 1 atom stereocenters. The van der Waals surface area contributed by atoms with Crippen LogP contribution in [0.15, 0.2) is 0 Å². The predicted molar refractivity (Wildman–Crippen MR) is 59.9 cm³/mol. The number of amides is 3. The molecule has 0 spiro atoms. The van der Waals surface area contributed by atoms with Crippen LogP contribution in [0.1, 0.15) is 26.2 Å². The number of hydrogen-bond donors (Lipinski definition) is 2. The fourth-order valence-corrected chi connectivity index (χ4v) is 2.14. The summed E-state index contributed by atoms with van der Waals surface area (Å²) < 4.78 is 0. The van der Waals surface area contributed by atoms with Gasteiger partial charge in [0.15, 0.2) is 0 Å². The van der Waals surface area contributed by atoms with Crippen LogP contribution in [-0.4, -0.2) is 42.5 Å². The van der Waals surface area contributed by atoms with Gasteiger partial charge in [-0.2, -0.15) is 0 Å².